The molecule has 2 rings (SSSR count). The highest BCUT2D eigenvalue weighted by Gasteiger charge is 2.30. The number of aromatic amines is 1. The van der Waals surface area contributed by atoms with Crippen LogP contribution in [-0.4, -0.2) is 40.9 Å². The Kier molecular flexibility index (Phi) is 4.67. The summed E-state index contributed by atoms with van der Waals surface area (Å²) in [6.45, 7) is -0.637. The first kappa shape index (κ1) is 14.9. The molecule has 0 fully saturated rings. The van der Waals surface area contributed by atoms with Crippen LogP contribution in [0.1, 0.15) is 12.0 Å². The van der Waals surface area contributed by atoms with E-state index < -0.39 is 12.7 Å². The molecule has 0 saturated carbocycles. The van der Waals surface area contributed by atoms with Crippen molar-refractivity contribution in [3.05, 3.63) is 36.0 Å². The van der Waals surface area contributed by atoms with Gasteiger partial charge < -0.3 is 10.1 Å². The molecule has 0 bridgehead atoms. The van der Waals surface area contributed by atoms with E-state index in [1.165, 1.54) is 4.90 Å². The van der Waals surface area contributed by atoms with Crippen molar-refractivity contribution >= 4 is 10.9 Å². The third-order valence-corrected chi connectivity index (χ3v) is 3.11. The van der Waals surface area contributed by atoms with Crippen molar-refractivity contribution in [3.8, 4) is 0 Å². The summed E-state index contributed by atoms with van der Waals surface area (Å²) in [5.41, 5.74) is 1.77. The highest BCUT2D eigenvalue weighted by atomic mass is 19.4. The second-order valence-corrected chi connectivity index (χ2v) is 4.76. The number of aromatic nitrogens is 1. The van der Waals surface area contributed by atoms with Gasteiger partial charge in [-0.25, -0.2) is 0 Å². The van der Waals surface area contributed by atoms with E-state index in [4.69, 9.17) is 5.11 Å². The monoisotopic (exact) mass is 286 g/mol. The number of H-pyrrole nitrogens is 1. The molecule has 0 amide bonds. The number of nitrogens with zero attached hydrogens (tertiary/aromatic N) is 1. The normalized spacial score (nSPS) is 12.4. The molecule has 2 N–H and O–H groups in total. The zero-order chi connectivity index (χ0) is 14.6. The first-order valence-corrected chi connectivity index (χ1v) is 6.44. The van der Waals surface area contributed by atoms with Gasteiger partial charge in [-0.2, -0.15) is 13.2 Å². The molecule has 0 radical (unpaired) electrons. The van der Waals surface area contributed by atoms with E-state index in [1.807, 2.05) is 24.3 Å². The molecular formula is C14H17F3N2O. The third-order valence-electron chi connectivity index (χ3n) is 3.11. The third kappa shape index (κ3) is 3.98. The van der Waals surface area contributed by atoms with Crippen molar-refractivity contribution in [3.63, 3.8) is 0 Å². The Labute approximate surface area is 115 Å². The number of aliphatic hydroxyl groups excluding tert-OH is 1. The van der Waals surface area contributed by atoms with Crippen LogP contribution >= 0.6 is 0 Å². The Morgan fingerprint density at radius 2 is 2.00 bits per heavy atom. The van der Waals surface area contributed by atoms with Crippen molar-refractivity contribution in [2.24, 2.45) is 0 Å². The molecule has 0 atom stereocenters. The zero-order valence-electron chi connectivity index (χ0n) is 11.0. The van der Waals surface area contributed by atoms with Gasteiger partial charge in [0.1, 0.15) is 0 Å². The summed E-state index contributed by atoms with van der Waals surface area (Å²) < 4.78 is 37.7. The quantitative estimate of drug-likeness (QED) is 0.857. The molecule has 0 aliphatic carbocycles. The SMILES string of the molecule is OCCCN(Cc1cccc2[nH]ccc12)CC(F)(F)F. The van der Waals surface area contributed by atoms with E-state index in [2.05, 4.69) is 4.98 Å². The predicted octanol–water partition coefficient (Wildman–Crippen LogP) is 2.91. The summed E-state index contributed by atoms with van der Waals surface area (Å²) in [5, 5.41) is 9.74. The van der Waals surface area contributed by atoms with E-state index in [1.54, 1.807) is 6.20 Å². The molecule has 0 saturated heterocycles. The van der Waals surface area contributed by atoms with Gasteiger partial charge in [-0.05, 0) is 24.1 Å². The molecule has 20 heavy (non-hydrogen) atoms. The van der Waals surface area contributed by atoms with Crippen LogP contribution in [0.25, 0.3) is 10.9 Å². The Balaban J connectivity index is 2.15. The predicted molar refractivity (Wildman–Crippen MR) is 71.3 cm³/mol. The zero-order valence-corrected chi connectivity index (χ0v) is 11.0. The molecule has 2 aromatic rings. The average Bonchev–Trinajstić information content (AvgIpc) is 2.83. The van der Waals surface area contributed by atoms with E-state index >= 15 is 0 Å². The van der Waals surface area contributed by atoms with Crippen LogP contribution in [0.15, 0.2) is 30.5 Å². The first-order chi connectivity index (χ1) is 9.49. The van der Waals surface area contributed by atoms with Gasteiger partial charge in [-0.1, -0.05) is 12.1 Å². The second-order valence-electron chi connectivity index (χ2n) is 4.76. The topological polar surface area (TPSA) is 39.3 Å². The summed E-state index contributed by atoms with van der Waals surface area (Å²) >= 11 is 0. The molecular weight excluding hydrogens is 269 g/mol. The van der Waals surface area contributed by atoms with Gasteiger partial charge in [0, 0.05) is 36.8 Å². The highest BCUT2D eigenvalue weighted by Crippen LogP contribution is 2.22. The van der Waals surface area contributed by atoms with E-state index in [-0.39, 0.29) is 19.7 Å². The van der Waals surface area contributed by atoms with Gasteiger partial charge >= 0.3 is 6.18 Å². The van der Waals surface area contributed by atoms with Gasteiger partial charge in [-0.15, -0.1) is 0 Å². The van der Waals surface area contributed by atoms with Crippen LogP contribution in [0.3, 0.4) is 0 Å². The number of aliphatic hydroxyl groups is 1. The summed E-state index contributed by atoms with van der Waals surface area (Å²) in [6.07, 6.45) is -2.13. The van der Waals surface area contributed by atoms with Crippen molar-refractivity contribution in [2.75, 3.05) is 19.7 Å². The van der Waals surface area contributed by atoms with Gasteiger partial charge in [0.15, 0.2) is 0 Å². The molecule has 3 nitrogen and oxygen atoms in total. The molecule has 1 aromatic heterocycles. The number of halogens is 3. The van der Waals surface area contributed by atoms with Crippen molar-refractivity contribution in [2.45, 2.75) is 19.1 Å². The lowest BCUT2D eigenvalue weighted by Gasteiger charge is -2.23. The highest BCUT2D eigenvalue weighted by molar-refractivity contribution is 5.82. The maximum Gasteiger partial charge on any atom is 0.401 e. The maximum atomic E-state index is 12.6. The van der Waals surface area contributed by atoms with E-state index in [0.717, 1.165) is 16.5 Å². The minimum atomic E-state index is -4.23. The molecule has 110 valence electrons. The Morgan fingerprint density at radius 3 is 2.70 bits per heavy atom. The lowest BCUT2D eigenvalue weighted by molar-refractivity contribution is -0.147. The average molecular weight is 286 g/mol. The van der Waals surface area contributed by atoms with Gasteiger partial charge in [0.25, 0.3) is 0 Å². The fraction of sp³-hybridized carbons (Fsp3) is 0.429. The fourth-order valence-corrected chi connectivity index (χ4v) is 2.29. The second kappa shape index (κ2) is 6.28. The van der Waals surface area contributed by atoms with Crippen LogP contribution in [0.5, 0.6) is 0 Å². The van der Waals surface area contributed by atoms with Gasteiger partial charge in [0.2, 0.25) is 0 Å². The van der Waals surface area contributed by atoms with Crippen molar-refractivity contribution in [1.29, 1.82) is 0 Å². The number of rotatable bonds is 6. The first-order valence-electron chi connectivity index (χ1n) is 6.44. The van der Waals surface area contributed by atoms with E-state index in [9.17, 15) is 13.2 Å². The largest absolute Gasteiger partial charge is 0.401 e. The number of nitrogens with one attached hydrogen (secondary N) is 1. The van der Waals surface area contributed by atoms with Crippen molar-refractivity contribution < 1.29 is 18.3 Å². The Morgan fingerprint density at radius 1 is 1.20 bits per heavy atom. The molecule has 0 aliphatic heterocycles. The standard InChI is InChI=1S/C14H17F3N2O/c15-14(16,17)10-19(7-2-8-20)9-11-3-1-4-13-12(11)5-6-18-13/h1,3-6,18,20H,2,7-10H2. The van der Waals surface area contributed by atoms with Crippen LogP contribution < -0.4 is 0 Å². The van der Waals surface area contributed by atoms with Crippen molar-refractivity contribution in [1.82, 2.24) is 9.88 Å². The van der Waals surface area contributed by atoms with Crippen LogP contribution in [0.2, 0.25) is 0 Å². The Hall–Kier alpha value is -1.53. The minimum Gasteiger partial charge on any atom is -0.396 e. The molecule has 1 aromatic carbocycles. The van der Waals surface area contributed by atoms with Gasteiger partial charge in [0.05, 0.1) is 6.54 Å². The lowest BCUT2D eigenvalue weighted by atomic mass is 10.1. The summed E-state index contributed by atoms with van der Waals surface area (Å²) in [5.74, 6) is 0. The van der Waals surface area contributed by atoms with Crippen LogP contribution in [0, 0.1) is 0 Å². The maximum absolute atomic E-state index is 12.6. The summed E-state index contributed by atoms with van der Waals surface area (Å²) in [7, 11) is 0. The fourth-order valence-electron chi connectivity index (χ4n) is 2.29. The van der Waals surface area contributed by atoms with E-state index in [0.29, 0.717) is 6.42 Å². The molecule has 1 heterocycles. The Bertz CT molecular complexity index is 551. The van der Waals surface area contributed by atoms with Crippen LogP contribution in [-0.2, 0) is 6.54 Å². The number of benzene rings is 1. The summed E-state index contributed by atoms with van der Waals surface area (Å²) in [6, 6.07) is 7.41. The van der Waals surface area contributed by atoms with Gasteiger partial charge in [-0.3, -0.25) is 4.90 Å². The molecule has 6 heteroatoms. The summed E-state index contributed by atoms with van der Waals surface area (Å²) in [4.78, 5) is 4.36. The number of hydrogen-bond acceptors (Lipinski definition) is 2. The number of fused-ring (bicyclic) bond motifs is 1. The lowest BCUT2D eigenvalue weighted by Crippen LogP contribution is -2.34. The number of hydrogen-bond donors (Lipinski definition) is 2. The molecule has 0 aliphatic rings. The molecule has 0 spiro atoms. The smallest absolute Gasteiger partial charge is 0.396 e. The van der Waals surface area contributed by atoms with Crippen LogP contribution in [0.4, 0.5) is 13.2 Å². The minimum absolute atomic E-state index is 0.108. The number of alkyl halides is 3. The molecule has 0 unspecified atom stereocenters.